The summed E-state index contributed by atoms with van der Waals surface area (Å²) < 4.78 is 0. The Morgan fingerprint density at radius 1 is 1.35 bits per heavy atom. The molecule has 0 saturated heterocycles. The smallest absolute Gasteiger partial charge is 0.337 e. The van der Waals surface area contributed by atoms with Crippen LogP contribution in [-0.4, -0.2) is 24.2 Å². The van der Waals surface area contributed by atoms with Gasteiger partial charge in [-0.1, -0.05) is 19.9 Å². The van der Waals surface area contributed by atoms with Gasteiger partial charge in [0.1, 0.15) is 0 Å². The number of nitrogens with zero attached hydrogens (tertiary/aromatic N) is 1. The number of benzene rings is 1. The van der Waals surface area contributed by atoms with E-state index in [1.54, 1.807) is 6.07 Å². The van der Waals surface area contributed by atoms with Gasteiger partial charge in [0.15, 0.2) is 0 Å². The number of hydrogen-bond donors (Lipinski definition) is 1. The predicted octanol–water partition coefficient (Wildman–Crippen LogP) is 3.32. The van der Waals surface area contributed by atoms with E-state index in [9.17, 15) is 9.90 Å². The summed E-state index contributed by atoms with van der Waals surface area (Å²) in [6.45, 7) is 6.23. The number of rotatable bonds is 5. The van der Waals surface area contributed by atoms with E-state index >= 15 is 0 Å². The summed E-state index contributed by atoms with van der Waals surface area (Å²) in [4.78, 5) is 13.3. The van der Waals surface area contributed by atoms with Crippen LogP contribution in [-0.2, 0) is 0 Å². The third-order valence-corrected chi connectivity index (χ3v) is 3.25. The molecule has 3 nitrogen and oxygen atoms in total. The molecule has 0 aliphatic rings. The van der Waals surface area contributed by atoms with Crippen LogP contribution in [0.2, 0.25) is 0 Å². The summed E-state index contributed by atoms with van der Waals surface area (Å²) in [5, 5.41) is 9.21. The van der Waals surface area contributed by atoms with Crippen LogP contribution in [0.3, 0.4) is 0 Å². The van der Waals surface area contributed by atoms with Crippen molar-refractivity contribution in [2.24, 2.45) is 0 Å². The molecule has 0 heterocycles. The van der Waals surface area contributed by atoms with E-state index in [0.717, 1.165) is 24.1 Å². The first-order chi connectivity index (χ1) is 8.01. The van der Waals surface area contributed by atoms with Gasteiger partial charge in [0, 0.05) is 13.1 Å². The molecule has 0 amide bonds. The fourth-order valence-electron chi connectivity index (χ4n) is 2.15. The van der Waals surface area contributed by atoms with Crippen LogP contribution in [0.4, 0.5) is 5.69 Å². The van der Waals surface area contributed by atoms with Crippen LogP contribution in [0, 0.1) is 6.92 Å². The molecule has 0 unspecified atom stereocenters. The second-order valence-corrected chi connectivity index (χ2v) is 4.41. The molecular formula is C14H21NO2. The first kappa shape index (κ1) is 13.6. The minimum atomic E-state index is -0.863. The minimum absolute atomic E-state index is 0.380. The molecule has 3 heteroatoms. The zero-order valence-corrected chi connectivity index (χ0v) is 11.0. The molecule has 0 aromatic heterocycles. The molecule has 0 aliphatic carbocycles. The summed E-state index contributed by atoms with van der Waals surface area (Å²) in [7, 11) is 1.97. The van der Waals surface area contributed by atoms with Crippen molar-refractivity contribution in [1.82, 2.24) is 0 Å². The van der Waals surface area contributed by atoms with Crippen molar-refractivity contribution in [1.29, 1.82) is 0 Å². The Balaban J connectivity index is 3.18. The van der Waals surface area contributed by atoms with Gasteiger partial charge in [-0.25, -0.2) is 4.79 Å². The lowest BCUT2D eigenvalue weighted by Crippen LogP contribution is -2.31. The standard InChI is InChI=1S/C14H21NO2/c1-5-11(6-2)15(4)13-9-10(3)7-8-12(13)14(16)17/h7-9,11H,5-6H2,1-4H3,(H,16,17). The van der Waals surface area contributed by atoms with Crippen molar-refractivity contribution in [2.45, 2.75) is 39.7 Å². The molecule has 0 atom stereocenters. The van der Waals surface area contributed by atoms with Crippen molar-refractivity contribution in [3.8, 4) is 0 Å². The van der Waals surface area contributed by atoms with E-state index in [1.165, 1.54) is 0 Å². The molecule has 1 aromatic rings. The highest BCUT2D eigenvalue weighted by Gasteiger charge is 2.18. The van der Waals surface area contributed by atoms with E-state index < -0.39 is 5.97 Å². The first-order valence-electron chi connectivity index (χ1n) is 6.08. The number of aromatic carboxylic acids is 1. The zero-order valence-electron chi connectivity index (χ0n) is 11.0. The Morgan fingerprint density at radius 3 is 2.41 bits per heavy atom. The Labute approximate surface area is 103 Å². The lowest BCUT2D eigenvalue weighted by atomic mass is 10.1. The van der Waals surface area contributed by atoms with Gasteiger partial charge in [0.25, 0.3) is 0 Å². The average molecular weight is 235 g/mol. The molecule has 0 fully saturated rings. The normalized spacial score (nSPS) is 10.6. The topological polar surface area (TPSA) is 40.5 Å². The van der Waals surface area contributed by atoms with E-state index in [2.05, 4.69) is 18.7 Å². The van der Waals surface area contributed by atoms with E-state index in [0.29, 0.717) is 11.6 Å². The van der Waals surface area contributed by atoms with Gasteiger partial charge < -0.3 is 10.0 Å². The van der Waals surface area contributed by atoms with Crippen molar-refractivity contribution >= 4 is 11.7 Å². The molecule has 1 aromatic carbocycles. The summed E-state index contributed by atoms with van der Waals surface area (Å²) in [6, 6.07) is 5.86. The highest BCUT2D eigenvalue weighted by atomic mass is 16.4. The van der Waals surface area contributed by atoms with E-state index in [-0.39, 0.29) is 0 Å². The van der Waals surface area contributed by atoms with Gasteiger partial charge in [0.2, 0.25) is 0 Å². The quantitative estimate of drug-likeness (QED) is 0.851. The second kappa shape index (κ2) is 5.71. The molecule has 0 spiro atoms. The SMILES string of the molecule is CCC(CC)N(C)c1cc(C)ccc1C(=O)O. The van der Waals surface area contributed by atoms with Gasteiger partial charge >= 0.3 is 5.97 Å². The summed E-state index contributed by atoms with van der Waals surface area (Å²) in [5.41, 5.74) is 2.28. The number of anilines is 1. The van der Waals surface area contributed by atoms with Crippen molar-refractivity contribution in [2.75, 3.05) is 11.9 Å². The van der Waals surface area contributed by atoms with Gasteiger partial charge in [-0.15, -0.1) is 0 Å². The fourth-order valence-corrected chi connectivity index (χ4v) is 2.15. The van der Waals surface area contributed by atoms with Gasteiger partial charge in [0.05, 0.1) is 11.3 Å². The van der Waals surface area contributed by atoms with Gasteiger partial charge in [-0.05, 0) is 37.5 Å². The third-order valence-electron chi connectivity index (χ3n) is 3.25. The van der Waals surface area contributed by atoms with E-state index in [4.69, 9.17) is 0 Å². The Bertz CT molecular complexity index is 397. The fraction of sp³-hybridized carbons (Fsp3) is 0.500. The number of aryl methyl sites for hydroxylation is 1. The molecule has 1 N–H and O–H groups in total. The van der Waals surface area contributed by atoms with Gasteiger partial charge in [-0.3, -0.25) is 0 Å². The zero-order chi connectivity index (χ0) is 13.0. The average Bonchev–Trinajstić information content (AvgIpc) is 2.29. The maximum atomic E-state index is 11.2. The maximum Gasteiger partial charge on any atom is 0.337 e. The maximum absolute atomic E-state index is 11.2. The first-order valence-corrected chi connectivity index (χ1v) is 6.08. The Kier molecular flexibility index (Phi) is 4.55. The largest absolute Gasteiger partial charge is 0.478 e. The number of carboxylic acids is 1. The highest BCUT2D eigenvalue weighted by molar-refractivity contribution is 5.94. The molecule has 1 rings (SSSR count). The molecule has 0 saturated carbocycles. The van der Waals surface area contributed by atoms with Crippen molar-refractivity contribution in [3.05, 3.63) is 29.3 Å². The monoisotopic (exact) mass is 235 g/mol. The minimum Gasteiger partial charge on any atom is -0.478 e. The number of hydrogen-bond acceptors (Lipinski definition) is 2. The van der Waals surface area contributed by atoms with Gasteiger partial charge in [-0.2, -0.15) is 0 Å². The van der Waals surface area contributed by atoms with E-state index in [1.807, 2.05) is 26.1 Å². The van der Waals surface area contributed by atoms with Crippen LogP contribution >= 0.6 is 0 Å². The molecular weight excluding hydrogens is 214 g/mol. The predicted molar refractivity (Wildman–Crippen MR) is 70.9 cm³/mol. The molecule has 0 radical (unpaired) electrons. The summed E-state index contributed by atoms with van der Waals surface area (Å²) in [6.07, 6.45) is 2.03. The Hall–Kier alpha value is -1.51. The number of carbonyl (C=O) groups is 1. The molecule has 17 heavy (non-hydrogen) atoms. The van der Waals surface area contributed by atoms with Crippen LogP contribution in [0.5, 0.6) is 0 Å². The lowest BCUT2D eigenvalue weighted by Gasteiger charge is -2.29. The summed E-state index contributed by atoms with van der Waals surface area (Å²) in [5.74, 6) is -0.863. The number of carboxylic acid groups (broad SMARTS) is 1. The molecule has 94 valence electrons. The summed E-state index contributed by atoms with van der Waals surface area (Å²) >= 11 is 0. The lowest BCUT2D eigenvalue weighted by molar-refractivity contribution is 0.0697. The second-order valence-electron chi connectivity index (χ2n) is 4.41. The van der Waals surface area contributed by atoms with Crippen LogP contribution in [0.25, 0.3) is 0 Å². The van der Waals surface area contributed by atoms with Crippen LogP contribution in [0.15, 0.2) is 18.2 Å². The van der Waals surface area contributed by atoms with Crippen LogP contribution < -0.4 is 4.90 Å². The van der Waals surface area contributed by atoms with Crippen LogP contribution in [0.1, 0.15) is 42.6 Å². The molecule has 0 aliphatic heterocycles. The third kappa shape index (κ3) is 2.99. The Morgan fingerprint density at radius 2 is 1.94 bits per heavy atom. The van der Waals surface area contributed by atoms with Crippen molar-refractivity contribution < 1.29 is 9.90 Å². The highest BCUT2D eigenvalue weighted by Crippen LogP contribution is 2.24. The molecule has 0 bridgehead atoms. The van der Waals surface area contributed by atoms with Crippen molar-refractivity contribution in [3.63, 3.8) is 0 Å².